The van der Waals surface area contributed by atoms with E-state index in [0.717, 1.165) is 56.2 Å². The Morgan fingerprint density at radius 1 is 0.425 bits per heavy atom. The van der Waals surface area contributed by atoms with Crippen molar-refractivity contribution in [2.24, 2.45) is 0 Å². The zero-order valence-electron chi connectivity index (χ0n) is 21.5. The van der Waals surface area contributed by atoms with Crippen LogP contribution in [-0.4, -0.2) is 24.1 Å². The Hall–Kier alpha value is -5.55. The highest BCUT2D eigenvalue weighted by Crippen LogP contribution is 2.36. The van der Waals surface area contributed by atoms with E-state index in [1.807, 2.05) is 60.9 Å². The molecule has 4 aromatic carbocycles. The van der Waals surface area contributed by atoms with E-state index < -0.39 is 0 Å². The molecule has 8 rings (SSSR count). The lowest BCUT2D eigenvalue weighted by Crippen LogP contribution is -1.99. The molecule has 0 aliphatic heterocycles. The van der Waals surface area contributed by atoms with E-state index in [1.54, 1.807) is 0 Å². The van der Waals surface area contributed by atoms with Crippen LogP contribution in [0.2, 0.25) is 0 Å². The van der Waals surface area contributed by atoms with Crippen molar-refractivity contribution in [1.29, 1.82) is 0 Å². The number of pyridine rings is 2. The van der Waals surface area contributed by atoms with Crippen molar-refractivity contribution >= 4 is 32.8 Å². The molecule has 188 valence electrons. The second-order valence-corrected chi connectivity index (χ2v) is 9.80. The van der Waals surface area contributed by atoms with E-state index in [9.17, 15) is 0 Å². The third kappa shape index (κ3) is 3.52. The molecule has 5 nitrogen and oxygen atoms in total. The van der Waals surface area contributed by atoms with Crippen molar-refractivity contribution in [2.45, 2.75) is 0 Å². The molecule has 0 radical (unpaired) electrons. The van der Waals surface area contributed by atoms with E-state index in [4.69, 9.17) is 4.98 Å². The minimum Gasteiger partial charge on any atom is -0.294 e. The SMILES string of the molecule is c1ccc(-c2nc3ccc(-c4ccc5c6ccccc6n(-c6ccccn6)c5c4)cc3n2-c2ccccn2)cc1. The second-order valence-electron chi connectivity index (χ2n) is 9.80. The Bertz CT molecular complexity index is 2140. The van der Waals surface area contributed by atoms with Crippen molar-refractivity contribution < 1.29 is 0 Å². The van der Waals surface area contributed by atoms with Crippen LogP contribution in [0.3, 0.4) is 0 Å². The fourth-order valence-electron chi connectivity index (χ4n) is 5.64. The molecule has 5 heteroatoms. The molecule has 0 aliphatic rings. The van der Waals surface area contributed by atoms with Crippen LogP contribution >= 0.6 is 0 Å². The van der Waals surface area contributed by atoms with Crippen molar-refractivity contribution in [3.63, 3.8) is 0 Å². The summed E-state index contributed by atoms with van der Waals surface area (Å²) >= 11 is 0. The van der Waals surface area contributed by atoms with Gasteiger partial charge >= 0.3 is 0 Å². The molecule has 0 unspecified atom stereocenters. The summed E-state index contributed by atoms with van der Waals surface area (Å²) in [6.45, 7) is 0. The molecule has 4 aromatic heterocycles. The van der Waals surface area contributed by atoms with Crippen LogP contribution in [-0.2, 0) is 0 Å². The molecule has 0 saturated heterocycles. The minimum atomic E-state index is 0.840. The first-order chi connectivity index (χ1) is 19.8. The number of rotatable bonds is 4. The lowest BCUT2D eigenvalue weighted by molar-refractivity contribution is 1.03. The number of nitrogens with zero attached hydrogens (tertiary/aromatic N) is 5. The summed E-state index contributed by atoms with van der Waals surface area (Å²) in [4.78, 5) is 14.4. The molecule has 0 fully saturated rings. The van der Waals surface area contributed by atoms with Crippen LogP contribution in [0.25, 0.3) is 67.0 Å². The largest absolute Gasteiger partial charge is 0.294 e. The van der Waals surface area contributed by atoms with E-state index in [0.29, 0.717) is 0 Å². The lowest BCUT2D eigenvalue weighted by Gasteiger charge is -2.10. The first kappa shape index (κ1) is 22.4. The van der Waals surface area contributed by atoms with E-state index in [1.165, 1.54) is 10.8 Å². The van der Waals surface area contributed by atoms with Crippen molar-refractivity contribution in [3.05, 3.63) is 140 Å². The van der Waals surface area contributed by atoms with Gasteiger partial charge in [0, 0.05) is 28.7 Å². The Morgan fingerprint density at radius 2 is 1.05 bits per heavy atom. The lowest BCUT2D eigenvalue weighted by atomic mass is 10.0. The average molecular weight is 514 g/mol. The number of aromatic nitrogens is 5. The van der Waals surface area contributed by atoms with Gasteiger partial charge in [0.15, 0.2) is 0 Å². The number of imidazole rings is 1. The fourth-order valence-corrected chi connectivity index (χ4v) is 5.64. The average Bonchev–Trinajstić information content (AvgIpc) is 3.58. The molecule has 0 saturated carbocycles. The summed E-state index contributed by atoms with van der Waals surface area (Å²) in [5.41, 5.74) is 7.50. The molecule has 40 heavy (non-hydrogen) atoms. The van der Waals surface area contributed by atoms with Gasteiger partial charge < -0.3 is 0 Å². The molecule has 0 N–H and O–H groups in total. The molecule has 8 aromatic rings. The third-order valence-corrected chi connectivity index (χ3v) is 7.45. The van der Waals surface area contributed by atoms with Crippen molar-refractivity contribution in [3.8, 4) is 34.2 Å². The zero-order chi connectivity index (χ0) is 26.5. The van der Waals surface area contributed by atoms with Crippen LogP contribution in [0.1, 0.15) is 0 Å². The monoisotopic (exact) mass is 513 g/mol. The van der Waals surface area contributed by atoms with Crippen LogP contribution in [0.5, 0.6) is 0 Å². The molecular formula is C35H23N5. The quantitative estimate of drug-likeness (QED) is 0.238. The minimum absolute atomic E-state index is 0.840. The van der Waals surface area contributed by atoms with Gasteiger partial charge in [-0.1, -0.05) is 78.9 Å². The van der Waals surface area contributed by atoms with E-state index >= 15 is 0 Å². The highest BCUT2D eigenvalue weighted by atomic mass is 15.1. The first-order valence-electron chi connectivity index (χ1n) is 13.3. The molecule has 0 aliphatic carbocycles. The first-order valence-corrected chi connectivity index (χ1v) is 13.3. The predicted octanol–water partition coefficient (Wildman–Crippen LogP) is 8.25. The maximum Gasteiger partial charge on any atom is 0.146 e. The number of fused-ring (bicyclic) bond motifs is 4. The molecule has 0 amide bonds. The Morgan fingerprint density at radius 3 is 1.80 bits per heavy atom. The van der Waals surface area contributed by atoms with Gasteiger partial charge in [-0.05, 0) is 59.7 Å². The number of hydrogen-bond donors (Lipinski definition) is 0. The van der Waals surface area contributed by atoms with E-state index in [-0.39, 0.29) is 0 Å². The standard InChI is InChI=1S/C35H23N5/c1-2-10-24(11-3-1)35-38-29-19-17-26(23-32(29)40(35)34-15-7-9-21-37-34)25-16-18-28-27-12-4-5-13-30(27)39(31(28)22-25)33-14-6-8-20-36-33/h1-23H. The maximum atomic E-state index is 5.04. The summed E-state index contributed by atoms with van der Waals surface area (Å²) in [5, 5.41) is 2.42. The van der Waals surface area contributed by atoms with Crippen molar-refractivity contribution in [1.82, 2.24) is 24.1 Å². The fraction of sp³-hybridized carbons (Fsp3) is 0. The molecule has 0 bridgehead atoms. The highest BCUT2D eigenvalue weighted by molar-refractivity contribution is 6.10. The number of para-hydroxylation sites is 1. The third-order valence-electron chi connectivity index (χ3n) is 7.45. The molecule has 4 heterocycles. The van der Waals surface area contributed by atoms with Gasteiger partial charge in [-0.3, -0.25) is 9.13 Å². The van der Waals surface area contributed by atoms with Gasteiger partial charge in [0.25, 0.3) is 0 Å². The van der Waals surface area contributed by atoms with Gasteiger partial charge in [0.05, 0.1) is 22.1 Å². The van der Waals surface area contributed by atoms with Crippen LogP contribution in [0.4, 0.5) is 0 Å². The Labute approximate surface area is 230 Å². The molecular weight excluding hydrogens is 490 g/mol. The summed E-state index contributed by atoms with van der Waals surface area (Å²) < 4.78 is 4.40. The summed E-state index contributed by atoms with van der Waals surface area (Å²) in [5.74, 6) is 2.62. The van der Waals surface area contributed by atoms with E-state index in [2.05, 4.69) is 98.0 Å². The summed E-state index contributed by atoms with van der Waals surface area (Å²) in [7, 11) is 0. The molecule has 0 spiro atoms. The van der Waals surface area contributed by atoms with Crippen LogP contribution in [0, 0.1) is 0 Å². The van der Waals surface area contributed by atoms with Gasteiger partial charge in [-0.2, -0.15) is 0 Å². The summed E-state index contributed by atoms with van der Waals surface area (Å²) in [6, 6.07) is 44.0. The normalized spacial score (nSPS) is 11.5. The second kappa shape index (κ2) is 9.03. The van der Waals surface area contributed by atoms with Crippen LogP contribution < -0.4 is 0 Å². The molecule has 0 atom stereocenters. The Balaban J connectivity index is 1.37. The highest BCUT2D eigenvalue weighted by Gasteiger charge is 2.17. The van der Waals surface area contributed by atoms with Gasteiger partial charge in [0.2, 0.25) is 0 Å². The van der Waals surface area contributed by atoms with Crippen LogP contribution in [0.15, 0.2) is 140 Å². The topological polar surface area (TPSA) is 48.5 Å². The Kier molecular flexibility index (Phi) is 5.07. The predicted molar refractivity (Wildman–Crippen MR) is 162 cm³/mol. The number of benzene rings is 4. The number of hydrogen-bond acceptors (Lipinski definition) is 3. The smallest absolute Gasteiger partial charge is 0.146 e. The summed E-state index contributed by atoms with van der Waals surface area (Å²) in [6.07, 6.45) is 3.67. The van der Waals surface area contributed by atoms with Gasteiger partial charge in [-0.25, -0.2) is 15.0 Å². The zero-order valence-corrected chi connectivity index (χ0v) is 21.5. The van der Waals surface area contributed by atoms with Gasteiger partial charge in [-0.15, -0.1) is 0 Å². The maximum absolute atomic E-state index is 5.04. The van der Waals surface area contributed by atoms with Crippen molar-refractivity contribution in [2.75, 3.05) is 0 Å². The van der Waals surface area contributed by atoms with Gasteiger partial charge in [0.1, 0.15) is 17.5 Å².